The van der Waals surface area contributed by atoms with Crippen molar-refractivity contribution < 1.29 is 13.9 Å². The number of nitrogens with zero attached hydrogens (tertiary/aromatic N) is 5. The molecular formula is C21H28FN7O2. The quantitative estimate of drug-likeness (QED) is 0.551. The summed E-state index contributed by atoms with van der Waals surface area (Å²) in [5, 5.41) is 8.25. The molecule has 1 saturated heterocycles. The van der Waals surface area contributed by atoms with Gasteiger partial charge in [-0.05, 0) is 44.8 Å². The standard InChI is InChI=1S/C21H28FN7O2/c1-28(20(30)13-6-8-24-9-7-13)10-4-3-5-18-26-19-14-11-15(22)17(31-2)12-16(14)25-21(23)29(19)27-18/h11-13,24H,3-10H2,1-2H3,(H2,23,25). The maximum absolute atomic E-state index is 14.2. The highest BCUT2D eigenvalue weighted by Crippen LogP contribution is 2.27. The zero-order valence-corrected chi connectivity index (χ0v) is 17.9. The predicted molar refractivity (Wildman–Crippen MR) is 115 cm³/mol. The topological polar surface area (TPSA) is 111 Å². The number of aryl methyl sites for hydroxylation is 1. The van der Waals surface area contributed by atoms with E-state index in [4.69, 9.17) is 10.5 Å². The summed E-state index contributed by atoms with van der Waals surface area (Å²) in [7, 11) is 3.27. The highest BCUT2D eigenvalue weighted by molar-refractivity contribution is 5.93. The summed E-state index contributed by atoms with van der Waals surface area (Å²) in [6, 6.07) is 2.85. The lowest BCUT2D eigenvalue weighted by atomic mass is 9.96. The summed E-state index contributed by atoms with van der Waals surface area (Å²) in [6.07, 6.45) is 4.13. The number of carbonyl (C=O) groups is 1. The first-order chi connectivity index (χ1) is 15.0. The van der Waals surface area contributed by atoms with E-state index in [0.717, 1.165) is 38.8 Å². The Hall–Kier alpha value is -3.01. The zero-order valence-electron chi connectivity index (χ0n) is 17.9. The molecule has 166 valence electrons. The number of aromatic nitrogens is 4. The Labute approximate surface area is 179 Å². The number of ether oxygens (including phenoxy) is 1. The number of rotatable bonds is 7. The highest BCUT2D eigenvalue weighted by Gasteiger charge is 2.23. The number of carbonyl (C=O) groups excluding carboxylic acids is 1. The number of benzene rings is 1. The van der Waals surface area contributed by atoms with Gasteiger partial charge in [0.25, 0.3) is 0 Å². The molecule has 3 aromatic rings. The van der Waals surface area contributed by atoms with E-state index >= 15 is 0 Å². The second kappa shape index (κ2) is 9.01. The number of piperidine rings is 1. The largest absolute Gasteiger partial charge is 0.494 e. The van der Waals surface area contributed by atoms with Gasteiger partial charge in [0.15, 0.2) is 23.0 Å². The normalized spacial score (nSPS) is 14.9. The van der Waals surface area contributed by atoms with Gasteiger partial charge >= 0.3 is 0 Å². The molecule has 1 aliphatic heterocycles. The number of amides is 1. The van der Waals surface area contributed by atoms with Crippen LogP contribution in [0.25, 0.3) is 16.6 Å². The maximum Gasteiger partial charge on any atom is 0.225 e. The summed E-state index contributed by atoms with van der Waals surface area (Å²) >= 11 is 0. The molecular weight excluding hydrogens is 401 g/mol. The van der Waals surface area contributed by atoms with Crippen molar-refractivity contribution >= 4 is 28.4 Å². The van der Waals surface area contributed by atoms with Crippen LogP contribution < -0.4 is 15.8 Å². The lowest BCUT2D eigenvalue weighted by Gasteiger charge is -2.26. The molecule has 3 heterocycles. The number of hydrogen-bond donors (Lipinski definition) is 2. The van der Waals surface area contributed by atoms with Gasteiger partial charge in [0.2, 0.25) is 11.9 Å². The first-order valence-electron chi connectivity index (χ1n) is 10.6. The minimum absolute atomic E-state index is 0.103. The molecule has 10 heteroatoms. The Kier molecular flexibility index (Phi) is 6.17. The number of nitrogens with two attached hydrogens (primary N) is 1. The molecule has 3 N–H and O–H groups in total. The van der Waals surface area contributed by atoms with Crippen molar-refractivity contribution in [1.82, 2.24) is 29.8 Å². The summed E-state index contributed by atoms with van der Waals surface area (Å²) in [6.45, 7) is 2.52. The Balaban J connectivity index is 1.41. The van der Waals surface area contributed by atoms with E-state index in [1.165, 1.54) is 23.8 Å². The monoisotopic (exact) mass is 429 g/mol. The molecule has 0 atom stereocenters. The molecule has 0 radical (unpaired) electrons. The van der Waals surface area contributed by atoms with Crippen LogP contribution in [0.2, 0.25) is 0 Å². The van der Waals surface area contributed by atoms with E-state index in [0.29, 0.717) is 35.3 Å². The molecule has 31 heavy (non-hydrogen) atoms. The minimum atomic E-state index is -0.491. The van der Waals surface area contributed by atoms with Crippen LogP contribution >= 0.6 is 0 Å². The molecule has 1 fully saturated rings. The smallest absolute Gasteiger partial charge is 0.225 e. The molecule has 1 aromatic carbocycles. The Morgan fingerprint density at radius 3 is 2.84 bits per heavy atom. The third-order valence-corrected chi connectivity index (χ3v) is 5.82. The molecule has 2 aromatic heterocycles. The van der Waals surface area contributed by atoms with Gasteiger partial charge in [0.05, 0.1) is 12.6 Å². The first kappa shape index (κ1) is 21.2. The number of halogens is 1. The molecule has 1 amide bonds. The van der Waals surface area contributed by atoms with Crippen molar-refractivity contribution in [3.63, 3.8) is 0 Å². The number of fused-ring (bicyclic) bond motifs is 3. The van der Waals surface area contributed by atoms with Gasteiger partial charge in [-0.15, -0.1) is 5.10 Å². The van der Waals surface area contributed by atoms with Crippen molar-refractivity contribution in [2.45, 2.75) is 32.1 Å². The Morgan fingerprint density at radius 1 is 1.32 bits per heavy atom. The average molecular weight is 430 g/mol. The lowest BCUT2D eigenvalue weighted by molar-refractivity contribution is -0.135. The molecule has 4 rings (SSSR count). The molecule has 0 spiro atoms. The van der Waals surface area contributed by atoms with E-state index < -0.39 is 5.82 Å². The van der Waals surface area contributed by atoms with Gasteiger partial charge in [-0.3, -0.25) is 4.79 Å². The highest BCUT2D eigenvalue weighted by atomic mass is 19.1. The Bertz CT molecular complexity index is 1090. The maximum atomic E-state index is 14.2. The van der Waals surface area contributed by atoms with Crippen LogP contribution in [0, 0.1) is 11.7 Å². The summed E-state index contributed by atoms with van der Waals surface area (Å²) in [4.78, 5) is 23.2. The Morgan fingerprint density at radius 2 is 2.10 bits per heavy atom. The van der Waals surface area contributed by atoms with Crippen molar-refractivity contribution in [3.05, 3.63) is 23.8 Å². The van der Waals surface area contributed by atoms with Crippen LogP contribution in [0.1, 0.15) is 31.5 Å². The fraction of sp³-hybridized carbons (Fsp3) is 0.524. The van der Waals surface area contributed by atoms with Gasteiger partial charge in [-0.2, -0.15) is 4.52 Å². The van der Waals surface area contributed by atoms with Crippen LogP contribution in [0.15, 0.2) is 12.1 Å². The van der Waals surface area contributed by atoms with Gasteiger partial charge in [0, 0.05) is 37.4 Å². The average Bonchev–Trinajstić information content (AvgIpc) is 3.22. The minimum Gasteiger partial charge on any atom is -0.494 e. The lowest BCUT2D eigenvalue weighted by Crippen LogP contribution is -2.39. The van der Waals surface area contributed by atoms with Crippen molar-refractivity contribution in [1.29, 1.82) is 0 Å². The molecule has 0 saturated carbocycles. The van der Waals surface area contributed by atoms with Gasteiger partial charge in [-0.1, -0.05) is 0 Å². The van der Waals surface area contributed by atoms with Gasteiger partial charge < -0.3 is 20.7 Å². The molecule has 0 unspecified atom stereocenters. The van der Waals surface area contributed by atoms with E-state index in [9.17, 15) is 9.18 Å². The molecule has 1 aliphatic rings. The molecule has 9 nitrogen and oxygen atoms in total. The fourth-order valence-corrected chi connectivity index (χ4v) is 4.06. The molecule has 0 bridgehead atoms. The number of nitrogen functional groups attached to an aromatic ring is 1. The number of anilines is 1. The van der Waals surface area contributed by atoms with Crippen molar-refractivity contribution in [3.8, 4) is 5.75 Å². The summed E-state index contributed by atoms with van der Waals surface area (Å²) in [5.74, 6) is 0.775. The first-order valence-corrected chi connectivity index (χ1v) is 10.6. The molecule has 0 aliphatic carbocycles. The second-order valence-corrected chi connectivity index (χ2v) is 7.98. The van der Waals surface area contributed by atoms with Gasteiger partial charge in [-0.25, -0.2) is 14.4 Å². The third kappa shape index (κ3) is 4.39. The number of methoxy groups -OCH3 is 1. The van der Waals surface area contributed by atoms with Crippen molar-refractivity contribution in [2.75, 3.05) is 39.5 Å². The van der Waals surface area contributed by atoms with Crippen LogP contribution in [0.4, 0.5) is 10.3 Å². The van der Waals surface area contributed by atoms with E-state index in [2.05, 4.69) is 20.4 Å². The zero-order chi connectivity index (χ0) is 22.0. The van der Waals surface area contributed by atoms with Gasteiger partial charge in [0.1, 0.15) is 0 Å². The number of hydrogen-bond acceptors (Lipinski definition) is 7. The third-order valence-electron chi connectivity index (χ3n) is 5.82. The fourth-order valence-electron chi connectivity index (χ4n) is 4.06. The van der Waals surface area contributed by atoms with Crippen LogP contribution in [0.5, 0.6) is 5.75 Å². The second-order valence-electron chi connectivity index (χ2n) is 7.98. The van der Waals surface area contributed by atoms with E-state index in [1.807, 2.05) is 11.9 Å². The summed E-state index contributed by atoms with van der Waals surface area (Å²) < 4.78 is 20.7. The number of unbranched alkanes of at least 4 members (excludes halogenated alkanes) is 1. The number of nitrogens with one attached hydrogen (secondary N) is 1. The SMILES string of the molecule is COc1cc2nc(N)n3nc(CCCCN(C)C(=O)C4CCNCC4)nc3c2cc1F. The van der Waals surface area contributed by atoms with Crippen molar-refractivity contribution in [2.24, 2.45) is 5.92 Å². The van der Waals surface area contributed by atoms with E-state index in [-0.39, 0.29) is 23.5 Å². The van der Waals surface area contributed by atoms with Crippen LogP contribution in [0.3, 0.4) is 0 Å². The van der Waals surface area contributed by atoms with Crippen LogP contribution in [-0.4, -0.2) is 64.2 Å². The van der Waals surface area contributed by atoms with Crippen LogP contribution in [-0.2, 0) is 11.2 Å². The predicted octanol–water partition coefficient (Wildman–Crippen LogP) is 1.79. The summed E-state index contributed by atoms with van der Waals surface area (Å²) in [5.41, 5.74) is 7.00. The van der Waals surface area contributed by atoms with E-state index in [1.54, 1.807) is 0 Å².